The van der Waals surface area contributed by atoms with E-state index < -0.39 is 0 Å². The van der Waals surface area contributed by atoms with E-state index in [-0.39, 0.29) is 0 Å². The molecule has 0 aromatic carbocycles. The molecule has 1 atom stereocenters. The van der Waals surface area contributed by atoms with Crippen molar-refractivity contribution in [2.75, 3.05) is 33.4 Å². The number of rotatable bonds is 4. The fourth-order valence-corrected chi connectivity index (χ4v) is 1.64. The van der Waals surface area contributed by atoms with E-state index in [9.17, 15) is 0 Å². The number of morpholine rings is 1. The molecular formula is C10H21NO2. The Kier molecular flexibility index (Phi) is 4.70. The molecule has 78 valence electrons. The summed E-state index contributed by atoms with van der Waals surface area (Å²) in [6.07, 6.45) is 1.38. The van der Waals surface area contributed by atoms with Crippen LogP contribution >= 0.6 is 0 Å². The average Bonchev–Trinajstić information content (AvgIpc) is 2.15. The molecule has 0 aromatic heterocycles. The predicted molar refractivity (Wildman–Crippen MR) is 52.9 cm³/mol. The average molecular weight is 187 g/mol. The Morgan fingerprint density at radius 2 is 2.31 bits per heavy atom. The van der Waals surface area contributed by atoms with Crippen molar-refractivity contribution in [1.82, 2.24) is 4.90 Å². The van der Waals surface area contributed by atoms with Crippen molar-refractivity contribution >= 4 is 0 Å². The molecule has 0 bridgehead atoms. The highest BCUT2D eigenvalue weighted by molar-refractivity contribution is 4.73. The minimum atomic E-state index is 0.371. The maximum atomic E-state index is 5.64. The summed E-state index contributed by atoms with van der Waals surface area (Å²) in [6.45, 7) is 8.27. The van der Waals surface area contributed by atoms with Crippen molar-refractivity contribution in [1.29, 1.82) is 0 Å². The third-order valence-electron chi connectivity index (χ3n) is 2.54. The summed E-state index contributed by atoms with van der Waals surface area (Å²) >= 11 is 0. The lowest BCUT2D eigenvalue weighted by Crippen LogP contribution is -2.46. The molecule has 1 saturated heterocycles. The van der Waals surface area contributed by atoms with Gasteiger partial charge in [-0.1, -0.05) is 0 Å². The zero-order chi connectivity index (χ0) is 9.68. The van der Waals surface area contributed by atoms with E-state index in [4.69, 9.17) is 9.47 Å². The van der Waals surface area contributed by atoms with Gasteiger partial charge in [-0.25, -0.2) is 0 Å². The van der Waals surface area contributed by atoms with E-state index >= 15 is 0 Å². The Bertz CT molecular complexity index is 139. The number of nitrogens with zero attached hydrogens (tertiary/aromatic N) is 1. The number of ether oxygens (including phenoxy) is 2. The lowest BCUT2D eigenvalue weighted by molar-refractivity contribution is -0.0496. The first-order valence-electron chi connectivity index (χ1n) is 5.08. The van der Waals surface area contributed by atoms with E-state index in [1.807, 2.05) is 0 Å². The summed E-state index contributed by atoms with van der Waals surface area (Å²) < 4.78 is 10.7. The molecule has 0 amide bonds. The van der Waals surface area contributed by atoms with Gasteiger partial charge in [-0.3, -0.25) is 4.90 Å². The minimum Gasteiger partial charge on any atom is -0.385 e. The molecule has 3 nitrogen and oxygen atoms in total. The van der Waals surface area contributed by atoms with Crippen LogP contribution in [0.1, 0.15) is 20.3 Å². The smallest absolute Gasteiger partial charge is 0.0724 e. The van der Waals surface area contributed by atoms with Crippen molar-refractivity contribution in [2.24, 2.45) is 0 Å². The molecule has 0 spiro atoms. The molecule has 0 aliphatic carbocycles. The predicted octanol–water partition coefficient (Wildman–Crippen LogP) is 1.13. The summed E-state index contributed by atoms with van der Waals surface area (Å²) in [5, 5.41) is 0. The summed E-state index contributed by atoms with van der Waals surface area (Å²) in [5.74, 6) is 0. The third kappa shape index (κ3) is 3.63. The Hall–Kier alpha value is -0.120. The number of methoxy groups -OCH3 is 1. The topological polar surface area (TPSA) is 21.7 Å². The standard InChI is InChI=1S/C10H21NO2/c1-9(2)11-5-7-13-10(8-11)4-6-12-3/h9-10H,4-8H2,1-3H3. The molecule has 1 fully saturated rings. The molecule has 1 rings (SSSR count). The lowest BCUT2D eigenvalue weighted by Gasteiger charge is -2.35. The second kappa shape index (κ2) is 5.58. The van der Waals surface area contributed by atoms with Gasteiger partial charge in [0.25, 0.3) is 0 Å². The molecule has 0 aromatic rings. The molecule has 0 N–H and O–H groups in total. The molecule has 0 saturated carbocycles. The van der Waals surface area contributed by atoms with Crippen LogP contribution in [0.3, 0.4) is 0 Å². The maximum Gasteiger partial charge on any atom is 0.0724 e. The minimum absolute atomic E-state index is 0.371. The molecule has 1 heterocycles. The highest BCUT2D eigenvalue weighted by atomic mass is 16.5. The van der Waals surface area contributed by atoms with Gasteiger partial charge in [-0.05, 0) is 20.3 Å². The summed E-state index contributed by atoms with van der Waals surface area (Å²) in [5.41, 5.74) is 0. The van der Waals surface area contributed by atoms with Crippen molar-refractivity contribution < 1.29 is 9.47 Å². The van der Waals surface area contributed by atoms with Crippen LogP contribution in [-0.4, -0.2) is 50.5 Å². The monoisotopic (exact) mass is 187 g/mol. The van der Waals surface area contributed by atoms with Crippen LogP contribution in [0.15, 0.2) is 0 Å². The van der Waals surface area contributed by atoms with Crippen LogP contribution in [-0.2, 0) is 9.47 Å². The van der Waals surface area contributed by atoms with Gasteiger partial charge in [0.15, 0.2) is 0 Å². The van der Waals surface area contributed by atoms with Gasteiger partial charge < -0.3 is 9.47 Å². The highest BCUT2D eigenvalue weighted by Gasteiger charge is 2.21. The molecule has 1 aliphatic rings. The Labute approximate surface area is 81.0 Å². The van der Waals surface area contributed by atoms with E-state index in [0.29, 0.717) is 12.1 Å². The van der Waals surface area contributed by atoms with E-state index in [0.717, 1.165) is 32.7 Å². The quantitative estimate of drug-likeness (QED) is 0.658. The van der Waals surface area contributed by atoms with Crippen LogP contribution in [0.4, 0.5) is 0 Å². The molecule has 1 aliphatic heterocycles. The highest BCUT2D eigenvalue weighted by Crippen LogP contribution is 2.11. The Morgan fingerprint density at radius 3 is 2.92 bits per heavy atom. The van der Waals surface area contributed by atoms with Gasteiger partial charge in [0, 0.05) is 32.8 Å². The zero-order valence-electron chi connectivity index (χ0n) is 8.95. The third-order valence-corrected chi connectivity index (χ3v) is 2.54. The Morgan fingerprint density at radius 1 is 1.54 bits per heavy atom. The van der Waals surface area contributed by atoms with Gasteiger partial charge in [0.2, 0.25) is 0 Å². The van der Waals surface area contributed by atoms with Gasteiger partial charge in [0.05, 0.1) is 12.7 Å². The largest absolute Gasteiger partial charge is 0.385 e. The molecular weight excluding hydrogens is 166 g/mol. The molecule has 13 heavy (non-hydrogen) atoms. The van der Waals surface area contributed by atoms with Crippen LogP contribution in [0.2, 0.25) is 0 Å². The van der Waals surface area contributed by atoms with Gasteiger partial charge >= 0.3 is 0 Å². The van der Waals surface area contributed by atoms with Crippen LogP contribution in [0.25, 0.3) is 0 Å². The van der Waals surface area contributed by atoms with Crippen molar-refractivity contribution in [3.8, 4) is 0 Å². The second-order valence-corrected chi connectivity index (χ2v) is 3.86. The fourth-order valence-electron chi connectivity index (χ4n) is 1.64. The van der Waals surface area contributed by atoms with E-state index in [1.165, 1.54) is 0 Å². The summed E-state index contributed by atoms with van der Waals surface area (Å²) in [6, 6.07) is 0.633. The van der Waals surface area contributed by atoms with Crippen molar-refractivity contribution in [2.45, 2.75) is 32.4 Å². The van der Waals surface area contributed by atoms with Crippen molar-refractivity contribution in [3.63, 3.8) is 0 Å². The van der Waals surface area contributed by atoms with Crippen molar-refractivity contribution in [3.05, 3.63) is 0 Å². The SMILES string of the molecule is COCCC1CN(C(C)C)CCO1. The first-order valence-corrected chi connectivity index (χ1v) is 5.08. The van der Waals surface area contributed by atoms with E-state index in [1.54, 1.807) is 7.11 Å². The first kappa shape index (κ1) is 11.0. The molecule has 1 unspecified atom stereocenters. The van der Waals surface area contributed by atoms with Gasteiger partial charge in [-0.15, -0.1) is 0 Å². The molecule has 0 radical (unpaired) electrons. The van der Waals surface area contributed by atoms with E-state index in [2.05, 4.69) is 18.7 Å². The normalized spacial score (nSPS) is 25.4. The van der Waals surface area contributed by atoms with Crippen LogP contribution < -0.4 is 0 Å². The lowest BCUT2D eigenvalue weighted by atomic mass is 10.2. The second-order valence-electron chi connectivity index (χ2n) is 3.86. The first-order chi connectivity index (χ1) is 6.24. The summed E-state index contributed by atoms with van der Waals surface area (Å²) in [7, 11) is 1.74. The van der Waals surface area contributed by atoms with Crippen LogP contribution in [0.5, 0.6) is 0 Å². The zero-order valence-corrected chi connectivity index (χ0v) is 8.95. The van der Waals surface area contributed by atoms with Gasteiger partial charge in [-0.2, -0.15) is 0 Å². The number of hydrogen-bond donors (Lipinski definition) is 0. The fraction of sp³-hybridized carbons (Fsp3) is 1.00. The Balaban J connectivity index is 2.25. The van der Waals surface area contributed by atoms with Gasteiger partial charge in [0.1, 0.15) is 0 Å². The molecule has 3 heteroatoms. The maximum absolute atomic E-state index is 5.64. The summed E-state index contributed by atoms with van der Waals surface area (Å²) in [4.78, 5) is 2.46. The number of hydrogen-bond acceptors (Lipinski definition) is 3. The van der Waals surface area contributed by atoms with Crippen LogP contribution in [0, 0.1) is 0 Å².